The van der Waals surface area contributed by atoms with Gasteiger partial charge < -0.3 is 25.2 Å². The standard InChI is InChI=1S/C22H38N2O6/c1-7-9-10-11-14(23-20(28)30-21(4,5)6)18(26)24-22(19(27)29-8-2)12-15(25)16-13(3)17(16)22/h13-17,25H,7-12H2,1-6H3,(H,23,28)(H,24,26)/t13-,14-,15-,16+,17+,22-/m0/s1. The molecule has 0 aliphatic heterocycles. The molecule has 30 heavy (non-hydrogen) atoms. The Morgan fingerprint density at radius 2 is 1.87 bits per heavy atom. The summed E-state index contributed by atoms with van der Waals surface area (Å²) in [6.45, 7) is 11.2. The predicted molar refractivity (Wildman–Crippen MR) is 112 cm³/mol. The molecule has 6 atom stereocenters. The van der Waals surface area contributed by atoms with Gasteiger partial charge in [-0.25, -0.2) is 9.59 Å². The van der Waals surface area contributed by atoms with Crippen molar-refractivity contribution in [2.75, 3.05) is 6.61 Å². The second-order valence-electron chi connectivity index (χ2n) is 9.61. The second-order valence-corrected chi connectivity index (χ2v) is 9.61. The van der Waals surface area contributed by atoms with Gasteiger partial charge in [0.1, 0.15) is 17.2 Å². The van der Waals surface area contributed by atoms with Gasteiger partial charge in [-0.05, 0) is 46.0 Å². The minimum atomic E-state index is -1.25. The van der Waals surface area contributed by atoms with E-state index in [-0.39, 0.29) is 30.8 Å². The number of ether oxygens (including phenoxy) is 2. The van der Waals surface area contributed by atoms with Crippen LogP contribution in [-0.2, 0) is 19.1 Å². The van der Waals surface area contributed by atoms with Crippen molar-refractivity contribution in [3.63, 3.8) is 0 Å². The van der Waals surface area contributed by atoms with E-state index in [1.165, 1.54) is 0 Å². The van der Waals surface area contributed by atoms with E-state index >= 15 is 0 Å². The van der Waals surface area contributed by atoms with Crippen molar-refractivity contribution in [3.05, 3.63) is 0 Å². The first-order chi connectivity index (χ1) is 14.0. The predicted octanol–water partition coefficient (Wildman–Crippen LogP) is 2.52. The van der Waals surface area contributed by atoms with E-state index in [9.17, 15) is 19.5 Å². The molecule has 172 valence electrons. The number of hydrogen-bond donors (Lipinski definition) is 3. The van der Waals surface area contributed by atoms with Gasteiger partial charge in [-0.1, -0.05) is 33.1 Å². The minimum Gasteiger partial charge on any atom is -0.464 e. The third-order valence-corrected chi connectivity index (χ3v) is 6.08. The van der Waals surface area contributed by atoms with Crippen LogP contribution in [0.1, 0.15) is 73.6 Å². The van der Waals surface area contributed by atoms with Crippen LogP contribution in [0.25, 0.3) is 0 Å². The van der Waals surface area contributed by atoms with Gasteiger partial charge in [0.2, 0.25) is 5.91 Å². The van der Waals surface area contributed by atoms with Crippen LogP contribution in [0.2, 0.25) is 0 Å². The highest BCUT2D eigenvalue weighted by Gasteiger charge is 2.71. The van der Waals surface area contributed by atoms with Gasteiger partial charge >= 0.3 is 12.1 Å². The third kappa shape index (κ3) is 5.45. The first kappa shape index (κ1) is 24.4. The van der Waals surface area contributed by atoms with E-state index in [1.807, 2.05) is 6.92 Å². The van der Waals surface area contributed by atoms with E-state index in [0.717, 1.165) is 19.3 Å². The SMILES string of the molecule is CCCCC[C@H](NC(=O)OC(C)(C)C)C(=O)N[C@@]1(C(=O)OCC)C[C@H](O)[C@H]2[C@H](C)[C@H]21. The van der Waals surface area contributed by atoms with Crippen molar-refractivity contribution in [1.29, 1.82) is 0 Å². The summed E-state index contributed by atoms with van der Waals surface area (Å²) in [5, 5.41) is 15.9. The number of amides is 2. The Balaban J connectivity index is 2.18. The lowest BCUT2D eigenvalue weighted by molar-refractivity contribution is -0.155. The molecule has 0 aromatic rings. The molecular formula is C22H38N2O6. The van der Waals surface area contributed by atoms with Crippen LogP contribution in [-0.4, -0.2) is 53.0 Å². The normalized spacial score (nSPS) is 30.8. The molecule has 2 amide bonds. The zero-order valence-corrected chi connectivity index (χ0v) is 19.1. The number of hydrogen-bond acceptors (Lipinski definition) is 6. The highest BCUT2D eigenvalue weighted by molar-refractivity contribution is 5.93. The Morgan fingerprint density at radius 1 is 1.20 bits per heavy atom. The molecule has 8 heteroatoms. The van der Waals surface area contributed by atoms with Gasteiger partial charge in [0.05, 0.1) is 12.7 Å². The Labute approximate surface area is 179 Å². The van der Waals surface area contributed by atoms with Crippen molar-refractivity contribution in [1.82, 2.24) is 10.6 Å². The van der Waals surface area contributed by atoms with Crippen molar-refractivity contribution >= 4 is 18.0 Å². The van der Waals surface area contributed by atoms with Gasteiger partial charge in [0.15, 0.2) is 0 Å². The summed E-state index contributed by atoms with van der Waals surface area (Å²) in [6.07, 6.45) is 1.88. The van der Waals surface area contributed by atoms with Crippen LogP contribution in [0.4, 0.5) is 4.79 Å². The number of rotatable bonds is 9. The van der Waals surface area contributed by atoms with Crippen LogP contribution in [0.3, 0.4) is 0 Å². The fourth-order valence-electron chi connectivity index (χ4n) is 4.75. The molecule has 2 rings (SSSR count). The summed E-state index contributed by atoms with van der Waals surface area (Å²) in [6, 6.07) is -0.831. The number of aliphatic hydroxyl groups is 1. The zero-order chi connectivity index (χ0) is 22.7. The molecule has 2 fully saturated rings. The van der Waals surface area contributed by atoms with E-state index in [2.05, 4.69) is 17.6 Å². The van der Waals surface area contributed by atoms with Crippen LogP contribution < -0.4 is 10.6 Å². The van der Waals surface area contributed by atoms with E-state index in [4.69, 9.17) is 9.47 Å². The lowest BCUT2D eigenvalue weighted by Crippen LogP contribution is -2.61. The monoisotopic (exact) mass is 426 g/mol. The fourth-order valence-corrected chi connectivity index (χ4v) is 4.75. The van der Waals surface area contributed by atoms with E-state index in [0.29, 0.717) is 6.42 Å². The number of aliphatic hydroxyl groups excluding tert-OH is 1. The number of nitrogens with one attached hydrogen (secondary N) is 2. The summed E-state index contributed by atoms with van der Waals surface area (Å²) in [7, 11) is 0. The Morgan fingerprint density at radius 3 is 2.37 bits per heavy atom. The molecule has 0 bridgehead atoms. The van der Waals surface area contributed by atoms with Gasteiger partial charge in [-0.15, -0.1) is 0 Å². The number of fused-ring (bicyclic) bond motifs is 1. The zero-order valence-electron chi connectivity index (χ0n) is 19.1. The van der Waals surface area contributed by atoms with Crippen LogP contribution >= 0.6 is 0 Å². The first-order valence-corrected chi connectivity index (χ1v) is 11.1. The van der Waals surface area contributed by atoms with Crippen LogP contribution in [0.5, 0.6) is 0 Å². The number of carbonyl (C=O) groups excluding carboxylic acids is 3. The van der Waals surface area contributed by atoms with Crippen molar-refractivity contribution in [3.8, 4) is 0 Å². The maximum absolute atomic E-state index is 13.2. The van der Waals surface area contributed by atoms with Crippen LogP contribution in [0, 0.1) is 17.8 Å². The summed E-state index contributed by atoms with van der Waals surface area (Å²) in [5.74, 6) is -1.02. The lowest BCUT2D eigenvalue weighted by atomic mass is 9.89. The van der Waals surface area contributed by atoms with Gasteiger partial charge in [-0.3, -0.25) is 4.79 Å². The quantitative estimate of drug-likeness (QED) is 0.386. The first-order valence-electron chi connectivity index (χ1n) is 11.1. The average Bonchev–Trinajstić information content (AvgIpc) is 3.20. The number of carbonyl (C=O) groups is 3. The van der Waals surface area contributed by atoms with Crippen molar-refractivity contribution in [2.45, 2.75) is 96.9 Å². The topological polar surface area (TPSA) is 114 Å². The minimum absolute atomic E-state index is 0.0212. The second kappa shape index (κ2) is 9.54. The molecule has 2 aliphatic rings. The molecule has 3 N–H and O–H groups in total. The molecule has 0 heterocycles. The fraction of sp³-hybridized carbons (Fsp3) is 0.864. The molecule has 0 aromatic heterocycles. The largest absolute Gasteiger partial charge is 0.464 e. The van der Waals surface area contributed by atoms with E-state index in [1.54, 1.807) is 27.7 Å². The van der Waals surface area contributed by atoms with Crippen molar-refractivity contribution in [2.24, 2.45) is 17.8 Å². The molecule has 0 aromatic carbocycles. The highest BCUT2D eigenvalue weighted by atomic mass is 16.6. The maximum atomic E-state index is 13.2. The third-order valence-electron chi connectivity index (χ3n) is 6.08. The Kier molecular flexibility index (Phi) is 7.77. The average molecular weight is 427 g/mol. The van der Waals surface area contributed by atoms with Gasteiger partial charge in [-0.2, -0.15) is 0 Å². The highest BCUT2D eigenvalue weighted by Crippen LogP contribution is 2.62. The number of esters is 1. The van der Waals surface area contributed by atoms with E-state index < -0.39 is 41.3 Å². The molecule has 2 aliphatic carbocycles. The lowest BCUT2D eigenvalue weighted by Gasteiger charge is -2.33. The summed E-state index contributed by atoms with van der Waals surface area (Å²) >= 11 is 0. The molecule has 0 saturated heterocycles. The Bertz CT molecular complexity index is 646. The molecule has 8 nitrogen and oxygen atoms in total. The molecular weight excluding hydrogens is 388 g/mol. The maximum Gasteiger partial charge on any atom is 0.408 e. The van der Waals surface area contributed by atoms with Crippen LogP contribution in [0.15, 0.2) is 0 Å². The summed E-state index contributed by atoms with van der Waals surface area (Å²) in [4.78, 5) is 38.4. The van der Waals surface area contributed by atoms with Gasteiger partial charge in [0.25, 0.3) is 0 Å². The molecule has 0 spiro atoms. The number of unbranched alkanes of at least 4 members (excludes halogenated alkanes) is 2. The van der Waals surface area contributed by atoms with Crippen molar-refractivity contribution < 1.29 is 29.0 Å². The summed E-state index contributed by atoms with van der Waals surface area (Å²) < 4.78 is 10.6. The molecule has 0 radical (unpaired) electrons. The number of alkyl carbamates (subject to hydrolysis) is 1. The molecule has 2 saturated carbocycles. The van der Waals surface area contributed by atoms with Gasteiger partial charge in [0, 0.05) is 12.3 Å². The molecule has 0 unspecified atom stereocenters. The Hall–Kier alpha value is -1.83. The smallest absolute Gasteiger partial charge is 0.408 e. The summed E-state index contributed by atoms with van der Waals surface area (Å²) in [5.41, 5.74) is -1.94.